The molecule has 0 aromatic carbocycles. The molecule has 0 bridgehead atoms. The molecule has 0 rings (SSSR count). The molecule has 0 saturated heterocycles. The zero-order valence-electron chi connectivity index (χ0n) is 7.61. The van der Waals surface area contributed by atoms with Gasteiger partial charge in [0, 0.05) is 5.54 Å². The van der Waals surface area contributed by atoms with Gasteiger partial charge in [-0.15, -0.1) is 0 Å². The van der Waals surface area contributed by atoms with Gasteiger partial charge in [-0.05, 0) is 20.3 Å². The van der Waals surface area contributed by atoms with E-state index in [0.29, 0.717) is 0 Å². The first-order chi connectivity index (χ1) is 4.06. The van der Waals surface area contributed by atoms with E-state index in [1.54, 1.807) is 0 Å². The standard InChI is InChI=1S/C8H19N.H3N/c1-4-5-6-7-8(2,3)9;/h4-7,9H2,1-3H3;1H3. The molecule has 0 unspecified atom stereocenters. The minimum absolute atomic E-state index is 0. The fraction of sp³-hybridized carbons (Fsp3) is 1.00. The van der Waals surface area contributed by atoms with Crippen molar-refractivity contribution in [2.24, 2.45) is 5.73 Å². The summed E-state index contributed by atoms with van der Waals surface area (Å²) in [5.74, 6) is 0. The molecule has 0 heterocycles. The lowest BCUT2D eigenvalue weighted by Crippen LogP contribution is -2.31. The van der Waals surface area contributed by atoms with E-state index in [-0.39, 0.29) is 11.7 Å². The number of nitrogens with two attached hydrogens (primary N) is 1. The third kappa shape index (κ3) is 10.8. The molecule has 0 saturated carbocycles. The third-order valence-electron chi connectivity index (χ3n) is 1.42. The SMILES string of the molecule is CCCCCC(C)(C)N.N. The van der Waals surface area contributed by atoms with Crippen LogP contribution in [-0.4, -0.2) is 5.54 Å². The van der Waals surface area contributed by atoms with Crippen molar-refractivity contribution in [1.82, 2.24) is 6.15 Å². The van der Waals surface area contributed by atoms with Crippen LogP contribution in [0.4, 0.5) is 0 Å². The van der Waals surface area contributed by atoms with Crippen molar-refractivity contribution < 1.29 is 0 Å². The number of unbranched alkanes of at least 4 members (excludes halogenated alkanes) is 2. The second kappa shape index (κ2) is 5.69. The van der Waals surface area contributed by atoms with Gasteiger partial charge in [0.25, 0.3) is 0 Å². The molecule has 0 aromatic heterocycles. The van der Waals surface area contributed by atoms with Gasteiger partial charge in [-0.1, -0.05) is 26.2 Å². The van der Waals surface area contributed by atoms with Crippen LogP contribution in [0.1, 0.15) is 46.5 Å². The van der Waals surface area contributed by atoms with E-state index in [2.05, 4.69) is 20.8 Å². The van der Waals surface area contributed by atoms with Gasteiger partial charge < -0.3 is 11.9 Å². The van der Waals surface area contributed by atoms with Crippen LogP contribution >= 0.6 is 0 Å². The smallest absolute Gasteiger partial charge is 0.00970 e. The summed E-state index contributed by atoms with van der Waals surface area (Å²) in [6.45, 7) is 6.38. The van der Waals surface area contributed by atoms with Crippen molar-refractivity contribution in [2.45, 2.75) is 52.0 Å². The monoisotopic (exact) mass is 146 g/mol. The summed E-state index contributed by atoms with van der Waals surface area (Å²) < 4.78 is 0. The van der Waals surface area contributed by atoms with Gasteiger partial charge in [-0.25, -0.2) is 0 Å². The summed E-state index contributed by atoms with van der Waals surface area (Å²) in [6, 6.07) is 0. The average molecular weight is 146 g/mol. The average Bonchev–Trinajstić information content (AvgIpc) is 1.63. The van der Waals surface area contributed by atoms with Gasteiger partial charge in [0.05, 0.1) is 0 Å². The summed E-state index contributed by atoms with van der Waals surface area (Å²) in [7, 11) is 0. The van der Waals surface area contributed by atoms with Gasteiger partial charge in [0.1, 0.15) is 0 Å². The predicted octanol–water partition coefficient (Wildman–Crippen LogP) is 2.47. The fourth-order valence-electron chi connectivity index (χ4n) is 0.831. The third-order valence-corrected chi connectivity index (χ3v) is 1.42. The molecule has 0 aliphatic carbocycles. The first-order valence-corrected chi connectivity index (χ1v) is 3.85. The predicted molar refractivity (Wildman–Crippen MR) is 47.4 cm³/mol. The highest BCUT2D eigenvalue weighted by molar-refractivity contribution is 4.70. The maximum atomic E-state index is 5.78. The zero-order valence-corrected chi connectivity index (χ0v) is 7.61. The van der Waals surface area contributed by atoms with Crippen molar-refractivity contribution in [2.75, 3.05) is 0 Å². The number of rotatable bonds is 4. The van der Waals surface area contributed by atoms with Crippen LogP contribution in [-0.2, 0) is 0 Å². The number of hydrogen-bond acceptors (Lipinski definition) is 2. The second-order valence-corrected chi connectivity index (χ2v) is 3.45. The van der Waals surface area contributed by atoms with Crippen LogP contribution in [0.25, 0.3) is 0 Å². The second-order valence-electron chi connectivity index (χ2n) is 3.45. The van der Waals surface area contributed by atoms with E-state index in [4.69, 9.17) is 5.73 Å². The maximum absolute atomic E-state index is 5.78. The molecule has 0 aromatic rings. The Morgan fingerprint density at radius 3 is 2.00 bits per heavy atom. The Labute approximate surface area is 64.8 Å². The summed E-state index contributed by atoms with van der Waals surface area (Å²) in [6.07, 6.45) is 5.04. The quantitative estimate of drug-likeness (QED) is 0.598. The maximum Gasteiger partial charge on any atom is 0.00970 e. The van der Waals surface area contributed by atoms with Crippen LogP contribution in [0.5, 0.6) is 0 Å². The van der Waals surface area contributed by atoms with Crippen LogP contribution in [0.2, 0.25) is 0 Å². The van der Waals surface area contributed by atoms with Gasteiger partial charge in [0.2, 0.25) is 0 Å². The van der Waals surface area contributed by atoms with Gasteiger partial charge >= 0.3 is 0 Å². The molecule has 2 nitrogen and oxygen atoms in total. The Morgan fingerprint density at radius 2 is 1.70 bits per heavy atom. The van der Waals surface area contributed by atoms with E-state index < -0.39 is 0 Å². The Bertz CT molecular complexity index is 64.1. The van der Waals surface area contributed by atoms with Crippen molar-refractivity contribution in [3.05, 3.63) is 0 Å². The van der Waals surface area contributed by atoms with Crippen LogP contribution in [0, 0.1) is 0 Å². The van der Waals surface area contributed by atoms with E-state index in [9.17, 15) is 0 Å². The van der Waals surface area contributed by atoms with E-state index >= 15 is 0 Å². The fourth-order valence-corrected chi connectivity index (χ4v) is 0.831. The number of hydrogen-bond donors (Lipinski definition) is 2. The molecular formula is C8H22N2. The Morgan fingerprint density at radius 1 is 1.20 bits per heavy atom. The minimum atomic E-state index is 0. The summed E-state index contributed by atoms with van der Waals surface area (Å²) in [5.41, 5.74) is 5.83. The lowest BCUT2D eigenvalue weighted by Gasteiger charge is -2.17. The molecule has 0 atom stereocenters. The van der Waals surface area contributed by atoms with Crippen molar-refractivity contribution in [3.63, 3.8) is 0 Å². The highest BCUT2D eigenvalue weighted by Gasteiger charge is 2.08. The molecule has 64 valence electrons. The van der Waals surface area contributed by atoms with E-state index in [0.717, 1.165) is 6.42 Å². The van der Waals surface area contributed by atoms with Crippen molar-refractivity contribution in [3.8, 4) is 0 Å². The minimum Gasteiger partial charge on any atom is -0.344 e. The van der Waals surface area contributed by atoms with Crippen LogP contribution < -0.4 is 11.9 Å². The molecule has 2 heteroatoms. The topological polar surface area (TPSA) is 61.0 Å². The lowest BCUT2D eigenvalue weighted by atomic mass is 9.98. The molecule has 0 aliphatic heterocycles. The van der Waals surface area contributed by atoms with Gasteiger partial charge in [0.15, 0.2) is 0 Å². The summed E-state index contributed by atoms with van der Waals surface area (Å²) in [4.78, 5) is 0. The normalized spacial score (nSPS) is 10.8. The van der Waals surface area contributed by atoms with Gasteiger partial charge in [-0.3, -0.25) is 0 Å². The Balaban J connectivity index is 0. The molecule has 0 spiro atoms. The summed E-state index contributed by atoms with van der Waals surface area (Å²) in [5, 5.41) is 0. The Hall–Kier alpha value is -0.0800. The molecule has 10 heavy (non-hydrogen) atoms. The van der Waals surface area contributed by atoms with Crippen LogP contribution in [0.3, 0.4) is 0 Å². The molecule has 0 radical (unpaired) electrons. The van der Waals surface area contributed by atoms with Crippen LogP contribution in [0.15, 0.2) is 0 Å². The molecule has 5 N–H and O–H groups in total. The highest BCUT2D eigenvalue weighted by Crippen LogP contribution is 2.09. The summed E-state index contributed by atoms with van der Waals surface area (Å²) >= 11 is 0. The van der Waals surface area contributed by atoms with Crippen molar-refractivity contribution in [1.29, 1.82) is 0 Å². The first-order valence-electron chi connectivity index (χ1n) is 3.85. The molecular weight excluding hydrogens is 124 g/mol. The first kappa shape index (κ1) is 12.6. The zero-order chi connectivity index (χ0) is 7.33. The largest absolute Gasteiger partial charge is 0.344 e. The van der Waals surface area contributed by atoms with Crippen molar-refractivity contribution >= 4 is 0 Å². The Kier molecular flexibility index (Phi) is 7.15. The lowest BCUT2D eigenvalue weighted by molar-refractivity contribution is 0.449. The molecule has 0 fully saturated rings. The highest BCUT2D eigenvalue weighted by atomic mass is 14.7. The molecule has 0 amide bonds. The van der Waals surface area contributed by atoms with E-state index in [1.807, 2.05) is 0 Å². The van der Waals surface area contributed by atoms with Gasteiger partial charge in [-0.2, -0.15) is 0 Å². The molecule has 0 aliphatic rings. The van der Waals surface area contributed by atoms with E-state index in [1.165, 1.54) is 19.3 Å².